The Bertz CT molecular complexity index is 958. The van der Waals surface area contributed by atoms with E-state index in [-0.39, 0.29) is 18.9 Å². The molecular formula is C24H31ClN4O4. The van der Waals surface area contributed by atoms with Gasteiger partial charge >= 0.3 is 5.97 Å². The number of carbonyl (C=O) groups is 2. The number of unbranched alkanes of at least 4 members (excludes halogenated alkanes) is 1. The number of nitrogens with one attached hydrogen (secondary N) is 2. The number of rotatable bonds is 12. The number of hydrogen-bond acceptors (Lipinski definition) is 6. The summed E-state index contributed by atoms with van der Waals surface area (Å²) in [5.41, 5.74) is 2.19. The van der Waals surface area contributed by atoms with Crippen molar-refractivity contribution in [1.29, 1.82) is 0 Å². The number of hydrogen-bond donors (Lipinski definition) is 3. The highest BCUT2D eigenvalue weighted by Gasteiger charge is 2.55. The van der Waals surface area contributed by atoms with Crippen molar-refractivity contribution in [1.82, 2.24) is 10.3 Å². The van der Waals surface area contributed by atoms with Gasteiger partial charge in [0.2, 0.25) is 5.91 Å². The van der Waals surface area contributed by atoms with Crippen molar-refractivity contribution >= 4 is 35.5 Å². The average molecular weight is 475 g/mol. The third kappa shape index (κ3) is 5.73. The number of carboxylic acid groups (broad SMARTS) is 1. The molecule has 1 aromatic heterocycles. The second kappa shape index (κ2) is 10.7. The number of aliphatic carboxylic acids is 1. The predicted molar refractivity (Wildman–Crippen MR) is 127 cm³/mol. The van der Waals surface area contributed by atoms with Crippen molar-refractivity contribution in [3.63, 3.8) is 0 Å². The molecule has 1 aromatic rings. The summed E-state index contributed by atoms with van der Waals surface area (Å²) in [6.07, 6.45) is 8.64. The molecule has 1 amide bonds. The molecule has 1 aliphatic carbocycles. The van der Waals surface area contributed by atoms with Crippen LogP contribution in [-0.2, 0) is 27.2 Å². The Hall–Kier alpha value is -2.45. The lowest BCUT2D eigenvalue weighted by atomic mass is 10.0. The molecule has 0 spiro atoms. The summed E-state index contributed by atoms with van der Waals surface area (Å²) in [4.78, 5) is 33.4. The normalized spacial score (nSPS) is 19.1. The number of anilines is 1. The largest absolute Gasteiger partial charge is 0.480 e. The van der Waals surface area contributed by atoms with Gasteiger partial charge in [-0.2, -0.15) is 0 Å². The van der Waals surface area contributed by atoms with E-state index >= 15 is 0 Å². The average Bonchev–Trinajstić information content (AvgIpc) is 3.51. The van der Waals surface area contributed by atoms with E-state index in [4.69, 9.17) is 21.3 Å². The lowest BCUT2D eigenvalue weighted by Gasteiger charge is -2.20. The van der Waals surface area contributed by atoms with Crippen LogP contribution in [0.15, 0.2) is 27.9 Å². The van der Waals surface area contributed by atoms with E-state index in [9.17, 15) is 14.7 Å². The van der Waals surface area contributed by atoms with E-state index in [0.717, 1.165) is 50.2 Å². The van der Waals surface area contributed by atoms with Crippen LogP contribution in [0.25, 0.3) is 0 Å². The van der Waals surface area contributed by atoms with Crippen LogP contribution in [0.1, 0.15) is 56.2 Å². The van der Waals surface area contributed by atoms with Gasteiger partial charge in [0.25, 0.3) is 0 Å². The minimum atomic E-state index is -1.06. The summed E-state index contributed by atoms with van der Waals surface area (Å²) in [5.74, 6) is -0.359. The highest BCUT2D eigenvalue weighted by atomic mass is 35.5. The van der Waals surface area contributed by atoms with Gasteiger partial charge in [0.15, 0.2) is 0 Å². The molecule has 3 heterocycles. The Labute approximate surface area is 198 Å². The predicted octanol–water partition coefficient (Wildman–Crippen LogP) is 3.44. The Morgan fingerprint density at radius 3 is 2.85 bits per heavy atom. The van der Waals surface area contributed by atoms with Gasteiger partial charge in [-0.05, 0) is 56.6 Å². The number of amides is 1. The third-order valence-corrected chi connectivity index (χ3v) is 6.80. The standard InChI is InChI=1S/C24H31ClN4O4/c25-18-8-13-26-20(18)24(10-11-24)23(32)29-19(22(30)31)9-15-33-14-2-1-5-17-7-6-16-4-3-12-27-21(16)28-17/h6-7,13,19H,1-5,8-12,14-15H2,(H,27,28)(H,29,32)(H,30,31)/t19-/m0/s1. The van der Waals surface area contributed by atoms with Gasteiger partial charge in [0.1, 0.15) is 11.9 Å². The quantitative estimate of drug-likeness (QED) is 0.400. The van der Waals surface area contributed by atoms with E-state index in [0.29, 0.717) is 36.6 Å². The van der Waals surface area contributed by atoms with E-state index in [1.807, 2.05) is 0 Å². The molecule has 3 N–H and O–H groups in total. The minimum Gasteiger partial charge on any atom is -0.480 e. The smallest absolute Gasteiger partial charge is 0.326 e. The Morgan fingerprint density at radius 1 is 1.27 bits per heavy atom. The van der Waals surface area contributed by atoms with Gasteiger partial charge < -0.3 is 20.5 Å². The van der Waals surface area contributed by atoms with Gasteiger partial charge in [-0.25, -0.2) is 9.78 Å². The third-order valence-electron chi connectivity index (χ3n) is 6.46. The first-order chi connectivity index (χ1) is 16.0. The maximum absolute atomic E-state index is 12.8. The van der Waals surface area contributed by atoms with Gasteiger partial charge in [-0.15, -0.1) is 0 Å². The molecule has 0 saturated heterocycles. The zero-order valence-corrected chi connectivity index (χ0v) is 19.5. The number of carbonyl (C=O) groups excluding carboxylic acids is 1. The van der Waals surface area contributed by atoms with Crippen molar-refractivity contribution < 1.29 is 19.4 Å². The van der Waals surface area contributed by atoms with Crippen LogP contribution >= 0.6 is 11.6 Å². The highest BCUT2D eigenvalue weighted by molar-refractivity contribution is 6.31. The molecule has 0 aromatic carbocycles. The fraction of sp³-hybridized carbons (Fsp3) is 0.583. The summed E-state index contributed by atoms with van der Waals surface area (Å²) in [6.45, 7) is 1.80. The van der Waals surface area contributed by atoms with Crippen LogP contribution in [0.4, 0.5) is 5.82 Å². The number of allylic oxidation sites excluding steroid dienone is 1. The molecule has 3 aliphatic rings. The summed E-state index contributed by atoms with van der Waals surface area (Å²) >= 11 is 6.19. The molecule has 0 unspecified atom stereocenters. The van der Waals surface area contributed by atoms with Crippen LogP contribution in [0.3, 0.4) is 0 Å². The van der Waals surface area contributed by atoms with Gasteiger partial charge in [0.05, 0.1) is 11.1 Å². The first-order valence-electron chi connectivity index (χ1n) is 11.8. The fourth-order valence-electron chi connectivity index (χ4n) is 4.34. The molecule has 0 bridgehead atoms. The monoisotopic (exact) mass is 474 g/mol. The van der Waals surface area contributed by atoms with Crippen molar-refractivity contribution in [2.45, 2.75) is 63.8 Å². The Morgan fingerprint density at radius 2 is 2.12 bits per heavy atom. The molecule has 8 nitrogen and oxygen atoms in total. The topological polar surface area (TPSA) is 113 Å². The number of nitrogens with zero attached hydrogens (tertiary/aromatic N) is 2. The van der Waals surface area contributed by atoms with Gasteiger partial charge in [-0.1, -0.05) is 17.7 Å². The number of aromatic nitrogens is 1. The molecule has 178 valence electrons. The van der Waals surface area contributed by atoms with E-state index in [1.165, 1.54) is 5.56 Å². The molecule has 33 heavy (non-hydrogen) atoms. The van der Waals surface area contributed by atoms with Crippen LogP contribution in [0.2, 0.25) is 0 Å². The molecule has 1 saturated carbocycles. The van der Waals surface area contributed by atoms with Crippen molar-refractivity contribution in [3.8, 4) is 0 Å². The van der Waals surface area contributed by atoms with Crippen molar-refractivity contribution in [3.05, 3.63) is 34.1 Å². The molecule has 4 rings (SSSR count). The first kappa shape index (κ1) is 23.7. The number of aliphatic imine (C=N–C) groups is 1. The lowest BCUT2D eigenvalue weighted by molar-refractivity contribution is -0.143. The number of carboxylic acids is 1. The van der Waals surface area contributed by atoms with Crippen molar-refractivity contribution in [2.75, 3.05) is 25.1 Å². The van der Waals surface area contributed by atoms with Crippen molar-refractivity contribution in [2.24, 2.45) is 10.4 Å². The molecule has 1 atom stereocenters. The summed E-state index contributed by atoms with van der Waals surface area (Å²) in [5, 5.41) is 16.1. The van der Waals surface area contributed by atoms with E-state index in [1.54, 1.807) is 6.21 Å². The van der Waals surface area contributed by atoms with Crippen LogP contribution in [-0.4, -0.2) is 54.0 Å². The SMILES string of the molecule is O=C(O)[C@H](CCOCCCCc1ccc2c(n1)NCCC2)NC(=O)C1(C2=C(Cl)CC=N2)CC1. The molecular weight excluding hydrogens is 444 g/mol. The maximum atomic E-state index is 12.8. The number of pyridine rings is 1. The second-order valence-electron chi connectivity index (χ2n) is 8.91. The Balaban J connectivity index is 1.15. The number of halogens is 1. The summed E-state index contributed by atoms with van der Waals surface area (Å²) < 4.78 is 5.64. The minimum absolute atomic E-state index is 0.214. The van der Waals surface area contributed by atoms with E-state index in [2.05, 4.69) is 27.8 Å². The molecule has 0 radical (unpaired) electrons. The van der Waals surface area contributed by atoms with Crippen LogP contribution in [0, 0.1) is 5.41 Å². The summed E-state index contributed by atoms with van der Waals surface area (Å²) in [7, 11) is 0. The lowest BCUT2D eigenvalue weighted by Crippen LogP contribution is -2.45. The maximum Gasteiger partial charge on any atom is 0.326 e. The van der Waals surface area contributed by atoms with Gasteiger partial charge in [-0.3, -0.25) is 9.79 Å². The molecule has 9 heteroatoms. The summed E-state index contributed by atoms with van der Waals surface area (Å²) in [6, 6.07) is 3.27. The number of aryl methyl sites for hydroxylation is 2. The van der Waals surface area contributed by atoms with Gasteiger partial charge in [0, 0.05) is 49.5 Å². The van der Waals surface area contributed by atoms with Crippen LogP contribution < -0.4 is 10.6 Å². The number of fused-ring (bicyclic) bond motifs is 1. The molecule has 1 fully saturated rings. The Kier molecular flexibility index (Phi) is 7.65. The molecule has 2 aliphatic heterocycles. The fourth-order valence-corrected chi connectivity index (χ4v) is 4.64. The zero-order chi connectivity index (χ0) is 23.3. The highest BCUT2D eigenvalue weighted by Crippen LogP contribution is 2.55. The number of ether oxygens (including phenoxy) is 1. The van der Waals surface area contributed by atoms with E-state index < -0.39 is 17.4 Å². The van der Waals surface area contributed by atoms with Crippen LogP contribution in [0.5, 0.6) is 0 Å². The zero-order valence-electron chi connectivity index (χ0n) is 18.7. The second-order valence-corrected chi connectivity index (χ2v) is 9.37. The first-order valence-corrected chi connectivity index (χ1v) is 12.1.